The Kier molecular flexibility index (Phi) is 4.61. The highest BCUT2D eigenvalue weighted by Crippen LogP contribution is 2.23. The molecule has 1 heterocycles. The maximum atomic E-state index is 13.1. The van der Waals surface area contributed by atoms with Gasteiger partial charge in [-0.3, -0.25) is 9.59 Å². The van der Waals surface area contributed by atoms with Crippen LogP contribution in [0.4, 0.5) is 15.8 Å². The van der Waals surface area contributed by atoms with Gasteiger partial charge in [-0.25, -0.2) is 4.39 Å². The molecule has 0 bridgehead atoms. The third-order valence-corrected chi connectivity index (χ3v) is 4.58. The van der Waals surface area contributed by atoms with Crippen LogP contribution in [0.2, 0.25) is 0 Å². The molecular weight excluding hydrogens is 410 g/mol. The van der Waals surface area contributed by atoms with E-state index in [1.54, 1.807) is 17.0 Å². The van der Waals surface area contributed by atoms with Gasteiger partial charge < -0.3 is 10.2 Å². The topological polar surface area (TPSA) is 49.4 Å². The quantitative estimate of drug-likeness (QED) is 0.763. The molecule has 0 unspecified atom stereocenters. The minimum atomic E-state index is -0.370. The number of amides is 2. The van der Waals surface area contributed by atoms with Crippen molar-refractivity contribution in [2.75, 3.05) is 16.8 Å². The summed E-state index contributed by atoms with van der Waals surface area (Å²) in [6.45, 7) is 0.734. The summed E-state index contributed by atoms with van der Waals surface area (Å²) in [7, 11) is 0. The van der Waals surface area contributed by atoms with Gasteiger partial charge in [0.25, 0.3) is 5.91 Å². The molecule has 1 saturated heterocycles. The van der Waals surface area contributed by atoms with Crippen molar-refractivity contribution in [3.8, 4) is 0 Å². The first-order chi connectivity index (χ1) is 11.0. The molecule has 3 rings (SSSR count). The lowest BCUT2D eigenvalue weighted by molar-refractivity contribution is -0.117. The number of rotatable bonds is 3. The van der Waals surface area contributed by atoms with E-state index in [1.165, 1.54) is 18.2 Å². The van der Waals surface area contributed by atoms with Gasteiger partial charge in [-0.05, 0) is 71.5 Å². The van der Waals surface area contributed by atoms with Gasteiger partial charge in [0.15, 0.2) is 0 Å². The summed E-state index contributed by atoms with van der Waals surface area (Å²) in [6, 6.07) is 11.2. The van der Waals surface area contributed by atoms with E-state index in [9.17, 15) is 14.0 Å². The average Bonchev–Trinajstić information content (AvgIpc) is 2.94. The molecule has 4 nitrogen and oxygen atoms in total. The van der Waals surface area contributed by atoms with Crippen LogP contribution in [0.1, 0.15) is 23.2 Å². The van der Waals surface area contributed by atoms with Gasteiger partial charge in [0.1, 0.15) is 5.82 Å². The van der Waals surface area contributed by atoms with E-state index in [0.717, 1.165) is 18.7 Å². The van der Waals surface area contributed by atoms with Crippen molar-refractivity contribution in [3.05, 3.63) is 57.4 Å². The lowest BCUT2D eigenvalue weighted by Crippen LogP contribution is -2.23. The Morgan fingerprint density at radius 2 is 1.91 bits per heavy atom. The highest BCUT2D eigenvalue weighted by molar-refractivity contribution is 14.1. The zero-order valence-corrected chi connectivity index (χ0v) is 14.3. The summed E-state index contributed by atoms with van der Waals surface area (Å²) in [6.07, 6.45) is 1.46. The second-order valence-corrected chi connectivity index (χ2v) is 6.44. The monoisotopic (exact) mass is 424 g/mol. The predicted molar refractivity (Wildman–Crippen MR) is 95.1 cm³/mol. The normalized spacial score (nSPS) is 14.2. The van der Waals surface area contributed by atoms with E-state index in [1.807, 2.05) is 34.7 Å². The van der Waals surface area contributed by atoms with Crippen LogP contribution in [0, 0.1) is 9.39 Å². The van der Waals surface area contributed by atoms with Gasteiger partial charge in [0, 0.05) is 27.9 Å². The van der Waals surface area contributed by atoms with Crippen LogP contribution in [-0.2, 0) is 4.79 Å². The maximum absolute atomic E-state index is 13.1. The maximum Gasteiger partial charge on any atom is 0.256 e. The number of nitrogens with one attached hydrogen (secondary N) is 1. The molecule has 1 aliphatic heterocycles. The highest BCUT2D eigenvalue weighted by atomic mass is 127. The number of benzene rings is 2. The Morgan fingerprint density at radius 1 is 1.17 bits per heavy atom. The molecule has 0 aromatic heterocycles. The Hall–Kier alpha value is -1.96. The van der Waals surface area contributed by atoms with Crippen molar-refractivity contribution >= 4 is 45.8 Å². The summed E-state index contributed by atoms with van der Waals surface area (Å²) >= 11 is 1.93. The van der Waals surface area contributed by atoms with Crippen molar-refractivity contribution in [1.29, 1.82) is 0 Å². The molecule has 2 aromatic rings. The smallest absolute Gasteiger partial charge is 0.256 e. The van der Waals surface area contributed by atoms with Crippen LogP contribution in [0.3, 0.4) is 0 Å². The molecule has 0 atom stereocenters. The second-order valence-electron chi connectivity index (χ2n) is 5.27. The zero-order valence-electron chi connectivity index (χ0n) is 12.2. The molecule has 2 aromatic carbocycles. The van der Waals surface area contributed by atoms with Crippen LogP contribution in [0.15, 0.2) is 42.5 Å². The van der Waals surface area contributed by atoms with Crippen molar-refractivity contribution in [2.24, 2.45) is 0 Å². The average molecular weight is 424 g/mol. The first-order valence-electron chi connectivity index (χ1n) is 7.21. The first kappa shape index (κ1) is 15.9. The summed E-state index contributed by atoms with van der Waals surface area (Å²) in [4.78, 5) is 25.7. The molecule has 1 fully saturated rings. The molecule has 0 radical (unpaired) electrons. The van der Waals surface area contributed by atoms with E-state index in [0.29, 0.717) is 21.2 Å². The van der Waals surface area contributed by atoms with E-state index in [4.69, 9.17) is 0 Å². The summed E-state index contributed by atoms with van der Waals surface area (Å²) in [5.41, 5.74) is 1.89. The Bertz CT molecular complexity index is 762. The molecule has 0 aliphatic carbocycles. The Morgan fingerprint density at radius 3 is 2.52 bits per heavy atom. The number of nitrogens with zero attached hydrogens (tertiary/aromatic N) is 1. The van der Waals surface area contributed by atoms with Crippen LogP contribution < -0.4 is 10.2 Å². The van der Waals surface area contributed by atoms with E-state index >= 15 is 0 Å². The Balaban J connectivity index is 1.73. The number of carbonyl (C=O) groups is 2. The van der Waals surface area contributed by atoms with Crippen LogP contribution in [0.5, 0.6) is 0 Å². The number of hydrogen-bond acceptors (Lipinski definition) is 2. The van der Waals surface area contributed by atoms with Gasteiger partial charge in [-0.1, -0.05) is 0 Å². The van der Waals surface area contributed by atoms with E-state index in [2.05, 4.69) is 5.32 Å². The number of hydrogen-bond donors (Lipinski definition) is 1. The zero-order chi connectivity index (χ0) is 16.4. The Labute approximate surface area is 146 Å². The number of carbonyl (C=O) groups excluding carboxylic acids is 2. The molecular formula is C17H14FIN2O2. The van der Waals surface area contributed by atoms with Crippen LogP contribution in [-0.4, -0.2) is 18.4 Å². The van der Waals surface area contributed by atoms with Crippen molar-refractivity contribution in [3.63, 3.8) is 0 Å². The van der Waals surface area contributed by atoms with Gasteiger partial charge in [-0.2, -0.15) is 0 Å². The summed E-state index contributed by atoms with van der Waals surface area (Å²) in [5, 5.41) is 2.78. The van der Waals surface area contributed by atoms with Gasteiger partial charge in [-0.15, -0.1) is 0 Å². The van der Waals surface area contributed by atoms with E-state index in [-0.39, 0.29) is 17.6 Å². The van der Waals surface area contributed by atoms with Gasteiger partial charge in [0.2, 0.25) is 5.91 Å². The molecule has 0 spiro atoms. The van der Waals surface area contributed by atoms with Gasteiger partial charge >= 0.3 is 0 Å². The van der Waals surface area contributed by atoms with Crippen molar-refractivity contribution in [2.45, 2.75) is 12.8 Å². The molecule has 0 saturated carbocycles. The lowest BCUT2D eigenvalue weighted by atomic mass is 10.2. The third kappa shape index (κ3) is 3.52. The fourth-order valence-corrected chi connectivity index (χ4v) is 3.24. The van der Waals surface area contributed by atoms with Crippen molar-refractivity contribution in [1.82, 2.24) is 0 Å². The fraction of sp³-hybridized carbons (Fsp3) is 0.176. The summed E-state index contributed by atoms with van der Waals surface area (Å²) in [5.74, 6) is -0.535. The fourth-order valence-electron chi connectivity index (χ4n) is 2.52. The van der Waals surface area contributed by atoms with E-state index < -0.39 is 0 Å². The SMILES string of the molecule is O=C(Nc1ccc(N2CCCC2=O)cc1)c1ccc(F)cc1I. The molecule has 1 aliphatic rings. The molecule has 118 valence electrons. The molecule has 23 heavy (non-hydrogen) atoms. The van der Waals surface area contributed by atoms with Crippen LogP contribution >= 0.6 is 22.6 Å². The van der Waals surface area contributed by atoms with Gasteiger partial charge in [0.05, 0.1) is 5.56 Å². The minimum Gasteiger partial charge on any atom is -0.322 e. The first-order valence-corrected chi connectivity index (χ1v) is 8.29. The van der Waals surface area contributed by atoms with Crippen molar-refractivity contribution < 1.29 is 14.0 Å². The number of halogens is 2. The molecule has 2 amide bonds. The highest BCUT2D eigenvalue weighted by Gasteiger charge is 2.21. The largest absolute Gasteiger partial charge is 0.322 e. The van der Waals surface area contributed by atoms with Crippen LogP contribution in [0.25, 0.3) is 0 Å². The second kappa shape index (κ2) is 6.66. The predicted octanol–water partition coefficient (Wildman–Crippen LogP) is 3.81. The molecule has 6 heteroatoms. The minimum absolute atomic E-state index is 0.127. The third-order valence-electron chi connectivity index (χ3n) is 3.69. The number of anilines is 2. The molecule has 1 N–H and O–H groups in total. The summed E-state index contributed by atoms with van der Waals surface area (Å²) < 4.78 is 13.6. The lowest BCUT2D eigenvalue weighted by Gasteiger charge is -2.16. The standard InChI is InChI=1S/C17H14FIN2O2/c18-11-3-8-14(15(19)10-11)17(23)20-12-4-6-13(7-5-12)21-9-1-2-16(21)22/h3-8,10H,1-2,9H2,(H,20,23).